The molecule has 0 radical (unpaired) electrons. The number of rotatable bonds is 0. The fourth-order valence-corrected chi connectivity index (χ4v) is 1.26. The van der Waals surface area contributed by atoms with E-state index in [0.29, 0.717) is 10.7 Å². The predicted octanol–water partition coefficient (Wildman–Crippen LogP) is 2.79. The lowest BCUT2D eigenvalue weighted by molar-refractivity contribution is 0.614. The molecule has 2 aromatic heterocycles. The molecule has 2 aromatic rings. The molecule has 0 amide bonds. The number of furan rings is 1. The van der Waals surface area contributed by atoms with Gasteiger partial charge in [0, 0.05) is 11.6 Å². The molecule has 0 aromatic carbocycles. The van der Waals surface area contributed by atoms with Gasteiger partial charge in [-0.15, -0.1) is 0 Å². The molecule has 0 aliphatic rings. The van der Waals surface area contributed by atoms with Crippen molar-refractivity contribution in [1.82, 2.24) is 4.98 Å². The fourth-order valence-electron chi connectivity index (χ4n) is 1.06. The second-order valence-corrected chi connectivity index (χ2v) is 2.75. The van der Waals surface area contributed by atoms with Gasteiger partial charge in [-0.05, 0) is 18.6 Å². The summed E-state index contributed by atoms with van der Waals surface area (Å²) >= 11 is 5.77. The van der Waals surface area contributed by atoms with Gasteiger partial charge in [-0.25, -0.2) is 4.98 Å². The van der Waals surface area contributed by atoms with Crippen molar-refractivity contribution >= 4 is 22.6 Å². The van der Waals surface area contributed by atoms with Crippen molar-refractivity contribution in [3.63, 3.8) is 0 Å². The normalized spacial score (nSPS) is 10.7. The van der Waals surface area contributed by atoms with Crippen LogP contribution in [0.5, 0.6) is 0 Å². The molecule has 0 saturated carbocycles. The van der Waals surface area contributed by atoms with E-state index in [1.54, 1.807) is 12.5 Å². The zero-order valence-electron chi connectivity index (χ0n) is 5.97. The van der Waals surface area contributed by atoms with Crippen LogP contribution >= 0.6 is 11.6 Å². The number of nitrogens with zero attached hydrogens (tertiary/aromatic N) is 1. The summed E-state index contributed by atoms with van der Waals surface area (Å²) in [5, 5.41) is 1.46. The first-order valence-corrected chi connectivity index (χ1v) is 3.65. The average molecular weight is 168 g/mol. The highest BCUT2D eigenvalue weighted by Crippen LogP contribution is 2.24. The minimum absolute atomic E-state index is 0.426. The number of halogens is 1. The van der Waals surface area contributed by atoms with E-state index in [4.69, 9.17) is 16.0 Å². The molecule has 0 bridgehead atoms. The highest BCUT2D eigenvalue weighted by molar-refractivity contribution is 6.33. The summed E-state index contributed by atoms with van der Waals surface area (Å²) in [5.74, 6) is 0. The van der Waals surface area contributed by atoms with Crippen molar-refractivity contribution in [2.45, 2.75) is 6.92 Å². The fraction of sp³-hybridized carbons (Fsp3) is 0.125. The largest absolute Gasteiger partial charge is 0.461 e. The van der Waals surface area contributed by atoms with E-state index in [1.807, 2.05) is 13.0 Å². The molecule has 0 N–H and O–H groups in total. The Bertz CT molecular complexity index is 358. The molecule has 2 rings (SSSR count). The van der Waals surface area contributed by atoms with Crippen molar-refractivity contribution in [3.05, 3.63) is 29.2 Å². The SMILES string of the molecule is Cc1cnc(Cl)c2occc12. The van der Waals surface area contributed by atoms with E-state index in [0.717, 1.165) is 10.9 Å². The van der Waals surface area contributed by atoms with Gasteiger partial charge >= 0.3 is 0 Å². The molecule has 0 aliphatic carbocycles. The molecule has 0 unspecified atom stereocenters. The van der Waals surface area contributed by atoms with Gasteiger partial charge in [0.1, 0.15) is 0 Å². The van der Waals surface area contributed by atoms with E-state index >= 15 is 0 Å². The number of fused-ring (bicyclic) bond motifs is 1. The average Bonchev–Trinajstić information content (AvgIpc) is 2.45. The van der Waals surface area contributed by atoms with Gasteiger partial charge < -0.3 is 4.42 Å². The van der Waals surface area contributed by atoms with Gasteiger partial charge in [0.25, 0.3) is 0 Å². The lowest BCUT2D eigenvalue weighted by Gasteiger charge is -1.94. The standard InChI is InChI=1S/C8H6ClNO/c1-5-4-10-8(9)7-6(5)2-3-11-7/h2-4H,1H3. The van der Waals surface area contributed by atoms with Crippen molar-refractivity contribution in [2.24, 2.45) is 0 Å². The van der Waals surface area contributed by atoms with Crippen LogP contribution in [0.25, 0.3) is 11.0 Å². The van der Waals surface area contributed by atoms with E-state index in [2.05, 4.69) is 4.98 Å². The Hall–Kier alpha value is -1.02. The van der Waals surface area contributed by atoms with E-state index < -0.39 is 0 Å². The van der Waals surface area contributed by atoms with Gasteiger partial charge in [-0.1, -0.05) is 11.6 Å². The van der Waals surface area contributed by atoms with Crippen molar-refractivity contribution in [3.8, 4) is 0 Å². The van der Waals surface area contributed by atoms with Crippen LogP contribution in [-0.4, -0.2) is 4.98 Å². The highest BCUT2D eigenvalue weighted by atomic mass is 35.5. The van der Waals surface area contributed by atoms with Crippen LogP contribution in [0.2, 0.25) is 5.15 Å². The topological polar surface area (TPSA) is 26.0 Å². The van der Waals surface area contributed by atoms with Crippen LogP contribution < -0.4 is 0 Å². The third-order valence-electron chi connectivity index (χ3n) is 1.65. The van der Waals surface area contributed by atoms with Gasteiger partial charge in [0.05, 0.1) is 6.26 Å². The number of hydrogen-bond acceptors (Lipinski definition) is 2. The minimum Gasteiger partial charge on any atom is -0.461 e. The summed E-state index contributed by atoms with van der Waals surface area (Å²) in [6.45, 7) is 1.97. The Labute approximate surface area is 68.8 Å². The maximum atomic E-state index is 5.77. The number of hydrogen-bond donors (Lipinski definition) is 0. The number of pyridine rings is 1. The molecule has 0 spiro atoms. The predicted molar refractivity (Wildman–Crippen MR) is 43.8 cm³/mol. The smallest absolute Gasteiger partial charge is 0.172 e. The molecule has 0 fully saturated rings. The van der Waals surface area contributed by atoms with Crippen LogP contribution in [0.4, 0.5) is 0 Å². The summed E-state index contributed by atoms with van der Waals surface area (Å²) in [6.07, 6.45) is 3.35. The van der Waals surface area contributed by atoms with Crippen LogP contribution in [0.3, 0.4) is 0 Å². The Balaban J connectivity index is 2.96. The summed E-state index contributed by atoms with van der Waals surface area (Å²) in [5.41, 5.74) is 1.75. The first-order valence-electron chi connectivity index (χ1n) is 3.27. The summed E-state index contributed by atoms with van der Waals surface area (Å²) in [4.78, 5) is 3.95. The van der Waals surface area contributed by atoms with Crippen molar-refractivity contribution < 1.29 is 4.42 Å². The highest BCUT2D eigenvalue weighted by Gasteiger charge is 2.04. The van der Waals surface area contributed by atoms with E-state index in [-0.39, 0.29) is 0 Å². The quantitative estimate of drug-likeness (QED) is 0.564. The first-order chi connectivity index (χ1) is 5.29. The Morgan fingerprint density at radius 2 is 2.36 bits per heavy atom. The minimum atomic E-state index is 0.426. The molecule has 56 valence electrons. The maximum Gasteiger partial charge on any atom is 0.172 e. The molecular weight excluding hydrogens is 162 g/mol. The number of aryl methyl sites for hydroxylation is 1. The zero-order valence-corrected chi connectivity index (χ0v) is 6.72. The second kappa shape index (κ2) is 2.24. The van der Waals surface area contributed by atoms with Crippen LogP contribution in [0.1, 0.15) is 5.56 Å². The molecule has 2 nitrogen and oxygen atoms in total. The molecule has 11 heavy (non-hydrogen) atoms. The van der Waals surface area contributed by atoms with Crippen LogP contribution in [0, 0.1) is 6.92 Å². The molecule has 2 heterocycles. The van der Waals surface area contributed by atoms with Gasteiger partial charge in [0.15, 0.2) is 10.7 Å². The van der Waals surface area contributed by atoms with Gasteiger partial charge in [-0.3, -0.25) is 0 Å². The van der Waals surface area contributed by atoms with Crippen LogP contribution in [0.15, 0.2) is 22.9 Å². The number of aromatic nitrogens is 1. The second-order valence-electron chi connectivity index (χ2n) is 2.40. The van der Waals surface area contributed by atoms with Gasteiger partial charge in [0.2, 0.25) is 0 Å². The zero-order chi connectivity index (χ0) is 7.84. The summed E-state index contributed by atoms with van der Waals surface area (Å²) in [6, 6.07) is 1.89. The van der Waals surface area contributed by atoms with Crippen molar-refractivity contribution in [2.75, 3.05) is 0 Å². The molecule has 0 aliphatic heterocycles. The third kappa shape index (κ3) is 0.906. The molecular formula is C8H6ClNO. The lowest BCUT2D eigenvalue weighted by Crippen LogP contribution is -1.78. The monoisotopic (exact) mass is 167 g/mol. The maximum absolute atomic E-state index is 5.77. The molecule has 0 atom stereocenters. The lowest BCUT2D eigenvalue weighted by atomic mass is 10.2. The first kappa shape index (κ1) is 6.68. The molecule has 3 heteroatoms. The Morgan fingerprint density at radius 1 is 1.55 bits per heavy atom. The van der Waals surface area contributed by atoms with Gasteiger partial charge in [-0.2, -0.15) is 0 Å². The Morgan fingerprint density at radius 3 is 3.09 bits per heavy atom. The Kier molecular flexibility index (Phi) is 1.36. The third-order valence-corrected chi connectivity index (χ3v) is 1.92. The summed E-state index contributed by atoms with van der Waals surface area (Å²) in [7, 11) is 0. The van der Waals surface area contributed by atoms with E-state index in [9.17, 15) is 0 Å². The van der Waals surface area contributed by atoms with Crippen LogP contribution in [-0.2, 0) is 0 Å². The van der Waals surface area contributed by atoms with Crippen molar-refractivity contribution in [1.29, 1.82) is 0 Å². The summed E-state index contributed by atoms with van der Waals surface area (Å²) < 4.78 is 5.14. The molecule has 0 saturated heterocycles. The van der Waals surface area contributed by atoms with E-state index in [1.165, 1.54) is 0 Å².